The summed E-state index contributed by atoms with van der Waals surface area (Å²) in [6, 6.07) is 11.4. The lowest BCUT2D eigenvalue weighted by Gasteiger charge is -2.17. The zero-order valence-electron chi connectivity index (χ0n) is 16.8. The van der Waals surface area contributed by atoms with Gasteiger partial charge in [0.05, 0.1) is 11.5 Å². The first-order valence-corrected chi connectivity index (χ1v) is 11.0. The normalized spacial score (nSPS) is 15.0. The quantitative estimate of drug-likeness (QED) is 0.280. The highest BCUT2D eigenvalue weighted by atomic mass is 35.5. The first-order valence-electron chi connectivity index (χ1n) is 9.42. The Kier molecular flexibility index (Phi) is 7.58. The first-order chi connectivity index (χ1) is 14.4. The van der Waals surface area contributed by atoms with Gasteiger partial charge in [0.15, 0.2) is 11.5 Å². The van der Waals surface area contributed by atoms with E-state index < -0.39 is 0 Å². The summed E-state index contributed by atoms with van der Waals surface area (Å²) in [6.07, 6.45) is 4.25. The summed E-state index contributed by atoms with van der Waals surface area (Å²) in [5.74, 6) is 1.20. The van der Waals surface area contributed by atoms with Crippen LogP contribution in [0.15, 0.2) is 54.0 Å². The molecule has 0 atom stereocenters. The van der Waals surface area contributed by atoms with Crippen molar-refractivity contribution in [2.45, 2.75) is 20.0 Å². The lowest BCUT2D eigenvalue weighted by atomic mass is 10.0. The maximum Gasteiger partial charge on any atom is 0.265 e. The average molecular weight is 460 g/mol. The van der Waals surface area contributed by atoms with E-state index in [1.807, 2.05) is 55.5 Å². The molecule has 156 valence electrons. The van der Waals surface area contributed by atoms with Crippen molar-refractivity contribution in [3.63, 3.8) is 0 Å². The molecule has 0 aliphatic carbocycles. The summed E-state index contributed by atoms with van der Waals surface area (Å²) in [5.41, 5.74) is 2.79. The van der Waals surface area contributed by atoms with Gasteiger partial charge in [-0.05, 0) is 54.8 Å². The Hall–Kier alpha value is -2.28. The Morgan fingerprint density at radius 3 is 2.57 bits per heavy atom. The standard InChI is InChI=1S/C23H22ClNO3S2/c1-4-6-17-11-16(13-20-22(26)25(3)23(29)30-20)12-19(27-5-2)21(17)28-14-15-7-9-18(24)10-8-15/h4,7-13H,1,5-6,14H2,2-3H3/b20-13+. The maximum atomic E-state index is 12.4. The van der Waals surface area contributed by atoms with Gasteiger partial charge in [-0.2, -0.15) is 0 Å². The fourth-order valence-corrected chi connectivity index (χ4v) is 4.24. The van der Waals surface area contributed by atoms with E-state index in [2.05, 4.69) is 6.58 Å². The van der Waals surface area contributed by atoms with Crippen molar-refractivity contribution in [1.29, 1.82) is 0 Å². The molecule has 7 heteroatoms. The summed E-state index contributed by atoms with van der Waals surface area (Å²) in [6.45, 7) is 6.65. The molecule has 0 bridgehead atoms. The molecule has 1 fully saturated rings. The Morgan fingerprint density at radius 1 is 1.23 bits per heavy atom. The van der Waals surface area contributed by atoms with Gasteiger partial charge in [0, 0.05) is 17.6 Å². The molecule has 0 unspecified atom stereocenters. The molecule has 1 aliphatic rings. The third kappa shape index (κ3) is 5.25. The smallest absolute Gasteiger partial charge is 0.265 e. The second-order valence-electron chi connectivity index (χ2n) is 6.59. The number of thioether (sulfide) groups is 1. The Balaban J connectivity index is 1.95. The zero-order chi connectivity index (χ0) is 21.7. The van der Waals surface area contributed by atoms with E-state index in [1.165, 1.54) is 16.7 Å². The monoisotopic (exact) mass is 459 g/mol. The number of allylic oxidation sites excluding steroid dienone is 1. The molecule has 0 N–H and O–H groups in total. The molecular weight excluding hydrogens is 438 g/mol. The molecule has 1 saturated heterocycles. The molecule has 0 saturated carbocycles. The first kappa shape index (κ1) is 22.4. The van der Waals surface area contributed by atoms with Crippen LogP contribution in [-0.2, 0) is 17.8 Å². The number of hydrogen-bond donors (Lipinski definition) is 0. The van der Waals surface area contributed by atoms with Crippen LogP contribution in [0.25, 0.3) is 6.08 Å². The number of benzene rings is 2. The molecule has 30 heavy (non-hydrogen) atoms. The fraction of sp³-hybridized carbons (Fsp3) is 0.217. The highest BCUT2D eigenvalue weighted by Gasteiger charge is 2.28. The van der Waals surface area contributed by atoms with E-state index in [0.29, 0.717) is 45.4 Å². The molecule has 0 spiro atoms. The predicted octanol–water partition coefficient (Wildman–Crippen LogP) is 5.88. The van der Waals surface area contributed by atoms with Crippen LogP contribution in [0, 0.1) is 0 Å². The number of nitrogens with zero attached hydrogens (tertiary/aromatic N) is 1. The second kappa shape index (κ2) is 10.2. The largest absolute Gasteiger partial charge is 0.490 e. The molecule has 1 aliphatic heterocycles. The van der Waals surface area contributed by atoms with Crippen LogP contribution in [0.5, 0.6) is 11.5 Å². The molecule has 0 aromatic heterocycles. The van der Waals surface area contributed by atoms with E-state index >= 15 is 0 Å². The highest BCUT2D eigenvalue weighted by molar-refractivity contribution is 8.26. The predicted molar refractivity (Wildman–Crippen MR) is 128 cm³/mol. The van der Waals surface area contributed by atoms with Crippen molar-refractivity contribution < 1.29 is 14.3 Å². The fourth-order valence-electron chi connectivity index (χ4n) is 2.93. The number of halogens is 1. The van der Waals surface area contributed by atoms with Gasteiger partial charge in [-0.1, -0.05) is 53.8 Å². The maximum absolute atomic E-state index is 12.4. The topological polar surface area (TPSA) is 38.8 Å². The van der Waals surface area contributed by atoms with Gasteiger partial charge in [0.1, 0.15) is 10.9 Å². The lowest BCUT2D eigenvalue weighted by molar-refractivity contribution is -0.121. The number of ether oxygens (including phenoxy) is 2. The van der Waals surface area contributed by atoms with Crippen molar-refractivity contribution >= 4 is 51.9 Å². The summed E-state index contributed by atoms with van der Waals surface area (Å²) < 4.78 is 12.6. The Labute approximate surface area is 191 Å². The van der Waals surface area contributed by atoms with Crippen LogP contribution < -0.4 is 9.47 Å². The van der Waals surface area contributed by atoms with Crippen LogP contribution >= 0.6 is 35.6 Å². The van der Waals surface area contributed by atoms with Crippen molar-refractivity contribution in [1.82, 2.24) is 4.90 Å². The minimum absolute atomic E-state index is 0.101. The minimum atomic E-state index is -0.101. The van der Waals surface area contributed by atoms with Crippen LogP contribution in [-0.4, -0.2) is 28.8 Å². The number of rotatable bonds is 8. The van der Waals surface area contributed by atoms with Crippen LogP contribution in [0.3, 0.4) is 0 Å². The van der Waals surface area contributed by atoms with Gasteiger partial charge in [0.2, 0.25) is 0 Å². The van der Waals surface area contributed by atoms with Gasteiger partial charge >= 0.3 is 0 Å². The summed E-state index contributed by atoms with van der Waals surface area (Å²) in [7, 11) is 1.68. The van der Waals surface area contributed by atoms with Crippen LogP contribution in [0.2, 0.25) is 5.02 Å². The van der Waals surface area contributed by atoms with Gasteiger partial charge < -0.3 is 9.47 Å². The number of amides is 1. The number of likely N-dealkylation sites (N-methyl/N-ethyl adjacent to an activating group) is 1. The Morgan fingerprint density at radius 2 is 1.97 bits per heavy atom. The molecule has 3 rings (SSSR count). The van der Waals surface area contributed by atoms with Crippen molar-refractivity contribution in [2.75, 3.05) is 13.7 Å². The third-order valence-corrected chi connectivity index (χ3v) is 6.14. The molecule has 0 radical (unpaired) electrons. The van der Waals surface area contributed by atoms with Gasteiger partial charge in [0.25, 0.3) is 5.91 Å². The van der Waals surface area contributed by atoms with Crippen molar-refractivity contribution in [3.05, 3.63) is 75.7 Å². The van der Waals surface area contributed by atoms with Crippen LogP contribution in [0.4, 0.5) is 0 Å². The lowest BCUT2D eigenvalue weighted by Crippen LogP contribution is -2.22. The average Bonchev–Trinajstić information content (AvgIpc) is 2.96. The minimum Gasteiger partial charge on any atom is -0.490 e. The van der Waals surface area contributed by atoms with Gasteiger partial charge in [-0.15, -0.1) is 6.58 Å². The molecular formula is C23H22ClNO3S2. The summed E-state index contributed by atoms with van der Waals surface area (Å²) in [4.78, 5) is 14.4. The SMILES string of the molecule is C=CCc1cc(/C=C2/SC(=S)N(C)C2=O)cc(OCC)c1OCc1ccc(Cl)cc1. The highest BCUT2D eigenvalue weighted by Crippen LogP contribution is 2.37. The summed E-state index contributed by atoms with van der Waals surface area (Å²) in [5, 5.41) is 0.683. The van der Waals surface area contributed by atoms with Crippen LogP contribution in [0.1, 0.15) is 23.6 Å². The Bertz CT molecular complexity index is 1000. The third-order valence-electron chi connectivity index (χ3n) is 4.40. The summed E-state index contributed by atoms with van der Waals surface area (Å²) >= 11 is 12.5. The van der Waals surface area contributed by atoms with E-state index in [1.54, 1.807) is 7.05 Å². The number of carbonyl (C=O) groups excluding carboxylic acids is 1. The van der Waals surface area contributed by atoms with E-state index in [9.17, 15) is 4.79 Å². The van der Waals surface area contributed by atoms with Crippen molar-refractivity contribution in [2.24, 2.45) is 0 Å². The van der Waals surface area contributed by atoms with Gasteiger partial charge in [-0.3, -0.25) is 9.69 Å². The number of carbonyl (C=O) groups is 1. The molecule has 4 nitrogen and oxygen atoms in total. The van der Waals surface area contributed by atoms with Gasteiger partial charge in [-0.25, -0.2) is 0 Å². The molecule has 2 aromatic carbocycles. The zero-order valence-corrected chi connectivity index (χ0v) is 19.2. The van der Waals surface area contributed by atoms with E-state index in [-0.39, 0.29) is 5.91 Å². The van der Waals surface area contributed by atoms with E-state index in [4.69, 9.17) is 33.3 Å². The van der Waals surface area contributed by atoms with Crippen molar-refractivity contribution in [3.8, 4) is 11.5 Å². The number of thiocarbonyl (C=S) groups is 1. The molecule has 2 aromatic rings. The molecule has 1 amide bonds. The molecule has 1 heterocycles. The second-order valence-corrected chi connectivity index (χ2v) is 8.70. The number of hydrogen-bond acceptors (Lipinski definition) is 5. The van der Waals surface area contributed by atoms with E-state index in [0.717, 1.165) is 16.7 Å².